The van der Waals surface area contributed by atoms with Crippen molar-refractivity contribution in [2.45, 2.75) is 89.7 Å². The van der Waals surface area contributed by atoms with Gasteiger partial charge in [-0.1, -0.05) is 78.6 Å². The molecule has 0 heterocycles. The summed E-state index contributed by atoms with van der Waals surface area (Å²) in [6.45, 7) is 6.70. The Hall–Kier alpha value is 0.350. The van der Waals surface area contributed by atoms with E-state index < -0.39 is 0 Å². The predicted molar refractivity (Wildman–Crippen MR) is 74.9 cm³/mol. The molecule has 0 aromatic carbocycles. The molecule has 0 aromatic heterocycles. The smallest absolute Gasteiger partial charge is 0.00731 e. The zero-order chi connectivity index (χ0) is 11.6. The summed E-state index contributed by atoms with van der Waals surface area (Å²) in [6.07, 6.45) is 14.0. The van der Waals surface area contributed by atoms with Gasteiger partial charge in [-0.3, -0.25) is 0 Å². The molecule has 15 heavy (non-hydrogen) atoms. The molecule has 0 aliphatic rings. The highest BCUT2D eigenvalue weighted by atomic mass is 32.1. The molecule has 92 valence electrons. The molecule has 0 saturated heterocycles. The number of unbranched alkanes of at least 4 members (excludes halogenated alkanes) is 8. The third kappa shape index (κ3) is 14.4. The van der Waals surface area contributed by atoms with Crippen LogP contribution in [0.2, 0.25) is 0 Å². The fourth-order valence-electron chi connectivity index (χ4n) is 1.87. The lowest BCUT2D eigenvalue weighted by molar-refractivity contribution is 0.530. The Labute approximate surface area is 103 Å². The van der Waals surface area contributed by atoms with E-state index >= 15 is 0 Å². The van der Waals surface area contributed by atoms with Crippen molar-refractivity contribution in [3.63, 3.8) is 0 Å². The molecular weight excluding hydrogens is 200 g/mol. The van der Waals surface area contributed by atoms with E-state index in [9.17, 15) is 0 Å². The SMILES string of the molecule is CCCCCCCCCCCC(C)(C)S. The van der Waals surface area contributed by atoms with Crippen molar-refractivity contribution in [3.05, 3.63) is 0 Å². The van der Waals surface area contributed by atoms with Gasteiger partial charge in [-0.15, -0.1) is 0 Å². The second-order valence-corrected chi connectivity index (χ2v) is 6.60. The van der Waals surface area contributed by atoms with Crippen LogP contribution in [0.5, 0.6) is 0 Å². The molecule has 0 N–H and O–H groups in total. The average Bonchev–Trinajstić information content (AvgIpc) is 2.14. The molecule has 0 radical (unpaired) electrons. The zero-order valence-electron chi connectivity index (χ0n) is 11.0. The fourth-order valence-corrected chi connectivity index (χ4v) is 2.03. The van der Waals surface area contributed by atoms with E-state index in [-0.39, 0.29) is 4.75 Å². The van der Waals surface area contributed by atoms with Gasteiger partial charge in [0.25, 0.3) is 0 Å². The summed E-state index contributed by atoms with van der Waals surface area (Å²) in [5.41, 5.74) is 0. The molecule has 0 amide bonds. The molecule has 0 atom stereocenters. The molecule has 0 unspecified atom stereocenters. The van der Waals surface area contributed by atoms with E-state index in [0.29, 0.717) is 0 Å². The van der Waals surface area contributed by atoms with Crippen LogP contribution in [0.25, 0.3) is 0 Å². The first-order chi connectivity index (χ1) is 7.06. The van der Waals surface area contributed by atoms with Crippen LogP contribution in [-0.2, 0) is 0 Å². The van der Waals surface area contributed by atoms with Crippen LogP contribution in [0.1, 0.15) is 85.0 Å². The standard InChI is InChI=1S/C14H30S/c1-4-5-6-7-8-9-10-11-12-13-14(2,3)15/h15H,4-13H2,1-3H3. The number of hydrogen-bond acceptors (Lipinski definition) is 1. The summed E-state index contributed by atoms with van der Waals surface area (Å²) < 4.78 is 0.237. The summed E-state index contributed by atoms with van der Waals surface area (Å²) >= 11 is 4.54. The van der Waals surface area contributed by atoms with Gasteiger partial charge in [0.05, 0.1) is 0 Å². The van der Waals surface area contributed by atoms with Crippen molar-refractivity contribution in [3.8, 4) is 0 Å². The van der Waals surface area contributed by atoms with E-state index in [4.69, 9.17) is 0 Å². The van der Waals surface area contributed by atoms with Crippen LogP contribution >= 0.6 is 12.6 Å². The molecule has 0 fully saturated rings. The summed E-state index contributed by atoms with van der Waals surface area (Å²) in [6, 6.07) is 0. The highest BCUT2D eigenvalue weighted by molar-refractivity contribution is 7.81. The highest BCUT2D eigenvalue weighted by Crippen LogP contribution is 2.21. The molecule has 0 aliphatic carbocycles. The van der Waals surface area contributed by atoms with E-state index in [1.807, 2.05) is 0 Å². The molecular formula is C14H30S. The molecule has 0 saturated carbocycles. The quantitative estimate of drug-likeness (QED) is 0.366. The minimum Gasteiger partial charge on any atom is -0.173 e. The Bertz CT molecular complexity index is 124. The minimum atomic E-state index is 0.237. The molecule has 1 heteroatoms. The second kappa shape index (κ2) is 9.57. The Kier molecular flexibility index (Phi) is 9.79. The van der Waals surface area contributed by atoms with Crippen molar-refractivity contribution in [1.29, 1.82) is 0 Å². The molecule has 0 aliphatic heterocycles. The van der Waals surface area contributed by atoms with Gasteiger partial charge in [-0.25, -0.2) is 0 Å². The van der Waals surface area contributed by atoms with E-state index in [0.717, 1.165) is 0 Å². The summed E-state index contributed by atoms with van der Waals surface area (Å²) in [7, 11) is 0. The number of rotatable bonds is 10. The van der Waals surface area contributed by atoms with Crippen LogP contribution in [0.3, 0.4) is 0 Å². The van der Waals surface area contributed by atoms with Crippen LogP contribution in [0.4, 0.5) is 0 Å². The van der Waals surface area contributed by atoms with Gasteiger partial charge in [-0.2, -0.15) is 12.6 Å². The van der Waals surface area contributed by atoms with Crippen molar-refractivity contribution in [2.24, 2.45) is 0 Å². The Morgan fingerprint density at radius 3 is 1.53 bits per heavy atom. The van der Waals surface area contributed by atoms with Crippen LogP contribution in [0, 0.1) is 0 Å². The van der Waals surface area contributed by atoms with E-state index in [2.05, 4.69) is 33.4 Å². The van der Waals surface area contributed by atoms with Gasteiger partial charge in [0.15, 0.2) is 0 Å². The topological polar surface area (TPSA) is 0 Å². The third-order valence-electron chi connectivity index (χ3n) is 2.89. The van der Waals surface area contributed by atoms with Gasteiger partial charge >= 0.3 is 0 Å². The Morgan fingerprint density at radius 2 is 1.13 bits per heavy atom. The van der Waals surface area contributed by atoms with Crippen molar-refractivity contribution in [1.82, 2.24) is 0 Å². The average molecular weight is 230 g/mol. The summed E-state index contributed by atoms with van der Waals surface area (Å²) in [4.78, 5) is 0. The van der Waals surface area contributed by atoms with Gasteiger partial charge in [0, 0.05) is 4.75 Å². The Balaban J connectivity index is 2.99. The van der Waals surface area contributed by atoms with Crippen LogP contribution in [-0.4, -0.2) is 4.75 Å². The van der Waals surface area contributed by atoms with E-state index in [1.54, 1.807) is 0 Å². The van der Waals surface area contributed by atoms with Gasteiger partial charge in [0.1, 0.15) is 0 Å². The Morgan fingerprint density at radius 1 is 0.733 bits per heavy atom. The molecule has 0 aromatic rings. The van der Waals surface area contributed by atoms with Crippen molar-refractivity contribution in [2.75, 3.05) is 0 Å². The first-order valence-corrected chi connectivity index (χ1v) is 7.23. The van der Waals surface area contributed by atoms with Crippen molar-refractivity contribution < 1.29 is 0 Å². The lowest BCUT2D eigenvalue weighted by Gasteiger charge is -2.16. The lowest BCUT2D eigenvalue weighted by Crippen LogP contribution is -2.09. The van der Waals surface area contributed by atoms with E-state index in [1.165, 1.54) is 64.2 Å². The maximum atomic E-state index is 4.54. The summed E-state index contributed by atoms with van der Waals surface area (Å²) in [5.74, 6) is 0. The lowest BCUT2D eigenvalue weighted by atomic mass is 10.0. The maximum absolute atomic E-state index is 4.54. The van der Waals surface area contributed by atoms with Crippen LogP contribution < -0.4 is 0 Å². The van der Waals surface area contributed by atoms with Gasteiger partial charge in [-0.05, 0) is 6.42 Å². The monoisotopic (exact) mass is 230 g/mol. The summed E-state index contributed by atoms with van der Waals surface area (Å²) in [5, 5.41) is 0. The molecule has 0 nitrogen and oxygen atoms in total. The maximum Gasteiger partial charge on any atom is 0.00731 e. The molecule has 0 spiro atoms. The largest absolute Gasteiger partial charge is 0.173 e. The normalized spacial score (nSPS) is 12.0. The zero-order valence-corrected chi connectivity index (χ0v) is 11.9. The third-order valence-corrected chi connectivity index (χ3v) is 3.12. The van der Waals surface area contributed by atoms with Gasteiger partial charge < -0.3 is 0 Å². The second-order valence-electron chi connectivity index (χ2n) is 5.39. The first kappa shape index (κ1) is 15.3. The number of thiol groups is 1. The van der Waals surface area contributed by atoms with Crippen LogP contribution in [0.15, 0.2) is 0 Å². The first-order valence-electron chi connectivity index (χ1n) is 6.78. The van der Waals surface area contributed by atoms with Crippen molar-refractivity contribution >= 4 is 12.6 Å². The molecule has 0 rings (SSSR count). The van der Waals surface area contributed by atoms with Gasteiger partial charge in [0.2, 0.25) is 0 Å². The fraction of sp³-hybridized carbons (Fsp3) is 1.00. The highest BCUT2D eigenvalue weighted by Gasteiger charge is 2.09. The number of hydrogen-bond donors (Lipinski definition) is 1. The predicted octanol–water partition coefficient (Wildman–Crippen LogP) is 5.62. The molecule has 0 bridgehead atoms. The minimum absolute atomic E-state index is 0.237.